The van der Waals surface area contributed by atoms with Gasteiger partial charge in [0.2, 0.25) is 0 Å². The van der Waals surface area contributed by atoms with Crippen molar-refractivity contribution in [3.05, 3.63) is 27.7 Å². The monoisotopic (exact) mass is 290 g/mol. The molecule has 1 aliphatic rings. The molecule has 0 radical (unpaired) electrons. The van der Waals surface area contributed by atoms with E-state index in [2.05, 4.69) is 0 Å². The van der Waals surface area contributed by atoms with E-state index in [0.717, 1.165) is 0 Å². The summed E-state index contributed by atoms with van der Waals surface area (Å²) in [6.45, 7) is -0.698. The van der Waals surface area contributed by atoms with Crippen molar-refractivity contribution in [3.63, 3.8) is 0 Å². The number of rotatable bonds is 2. The number of carbonyl (C=O) groups excluding carboxylic acids is 1. The zero-order valence-electron chi connectivity index (χ0n) is 9.45. The lowest BCUT2D eigenvalue weighted by atomic mass is 9.79. The Labute approximate surface area is 114 Å². The Balaban J connectivity index is 2.58. The second kappa shape index (κ2) is 5.05. The first-order chi connectivity index (χ1) is 8.55. The molecule has 0 aliphatic carbocycles. The second-order valence-corrected chi connectivity index (χ2v) is 5.05. The molecule has 0 amide bonds. The van der Waals surface area contributed by atoms with Crippen LogP contribution in [0, 0.1) is 5.41 Å². The van der Waals surface area contributed by atoms with E-state index >= 15 is 0 Å². The van der Waals surface area contributed by atoms with Crippen molar-refractivity contribution in [3.8, 4) is 5.75 Å². The van der Waals surface area contributed by atoms with E-state index in [-0.39, 0.29) is 35.1 Å². The number of carbonyl (C=O) groups is 1. The van der Waals surface area contributed by atoms with Gasteiger partial charge < -0.3 is 14.9 Å². The van der Waals surface area contributed by atoms with Crippen molar-refractivity contribution in [1.29, 1.82) is 0 Å². The van der Waals surface area contributed by atoms with Crippen LogP contribution in [0.15, 0.2) is 12.1 Å². The van der Waals surface area contributed by atoms with Crippen molar-refractivity contribution in [2.45, 2.75) is 6.42 Å². The van der Waals surface area contributed by atoms with Crippen molar-refractivity contribution >= 4 is 29.0 Å². The van der Waals surface area contributed by atoms with Crippen LogP contribution in [0.4, 0.5) is 0 Å². The summed E-state index contributed by atoms with van der Waals surface area (Å²) in [5.74, 6) is -0.156. The van der Waals surface area contributed by atoms with Crippen LogP contribution in [0.25, 0.3) is 0 Å². The molecule has 6 heteroatoms. The highest BCUT2D eigenvalue weighted by molar-refractivity contribution is 6.43. The van der Waals surface area contributed by atoms with Crippen LogP contribution < -0.4 is 4.74 Å². The molecule has 1 aromatic rings. The van der Waals surface area contributed by atoms with Gasteiger partial charge in [0.25, 0.3) is 0 Å². The lowest BCUT2D eigenvalue weighted by molar-refractivity contribution is 0.0345. The standard InChI is InChI=1S/C12H12Cl2O4/c13-8-2-1-7-10(9(8)14)18-4-3-12(5-15,6-16)11(7)17/h1-2,15-16H,3-6H2. The SMILES string of the molecule is O=C1c2ccc(Cl)c(Cl)c2OCCC1(CO)CO. The van der Waals surface area contributed by atoms with Crippen molar-refractivity contribution in [1.82, 2.24) is 0 Å². The predicted molar refractivity (Wildman–Crippen MR) is 67.5 cm³/mol. The van der Waals surface area contributed by atoms with Crippen LogP contribution in [0.5, 0.6) is 5.75 Å². The summed E-state index contributed by atoms with van der Waals surface area (Å²) in [6, 6.07) is 2.99. The van der Waals surface area contributed by atoms with Gasteiger partial charge in [-0.1, -0.05) is 23.2 Å². The molecule has 0 saturated carbocycles. The highest BCUT2D eigenvalue weighted by Gasteiger charge is 2.41. The Morgan fingerprint density at radius 3 is 2.56 bits per heavy atom. The number of aliphatic hydroxyl groups excluding tert-OH is 2. The molecule has 0 aromatic heterocycles. The third kappa shape index (κ3) is 1.99. The minimum atomic E-state index is -1.22. The van der Waals surface area contributed by atoms with Gasteiger partial charge in [0.1, 0.15) is 10.8 Å². The van der Waals surface area contributed by atoms with Crippen LogP contribution in [-0.2, 0) is 0 Å². The number of halogens is 2. The maximum atomic E-state index is 12.4. The topological polar surface area (TPSA) is 66.8 Å². The molecule has 2 rings (SSSR count). The van der Waals surface area contributed by atoms with Gasteiger partial charge in [0.15, 0.2) is 5.78 Å². The fourth-order valence-corrected chi connectivity index (χ4v) is 2.32. The number of ketones is 1. The van der Waals surface area contributed by atoms with E-state index in [4.69, 9.17) is 27.9 Å². The smallest absolute Gasteiger partial charge is 0.177 e. The summed E-state index contributed by atoms with van der Waals surface area (Å²) >= 11 is 11.9. The lowest BCUT2D eigenvalue weighted by Crippen LogP contribution is -2.38. The average molecular weight is 291 g/mol. The summed E-state index contributed by atoms with van der Waals surface area (Å²) in [6.07, 6.45) is 0.224. The maximum Gasteiger partial charge on any atom is 0.177 e. The number of ether oxygens (including phenoxy) is 1. The number of benzene rings is 1. The summed E-state index contributed by atoms with van der Waals surface area (Å²) in [7, 11) is 0. The zero-order valence-corrected chi connectivity index (χ0v) is 11.0. The van der Waals surface area contributed by atoms with E-state index in [9.17, 15) is 15.0 Å². The third-order valence-corrected chi connectivity index (χ3v) is 4.00. The Morgan fingerprint density at radius 2 is 1.94 bits per heavy atom. The molecule has 0 saturated heterocycles. The van der Waals surface area contributed by atoms with E-state index in [1.807, 2.05) is 0 Å². The normalized spacial score (nSPS) is 17.9. The van der Waals surface area contributed by atoms with Gasteiger partial charge in [0.05, 0.1) is 35.8 Å². The molecular weight excluding hydrogens is 279 g/mol. The molecule has 0 fully saturated rings. The Kier molecular flexibility index (Phi) is 3.82. The fraction of sp³-hybridized carbons (Fsp3) is 0.417. The van der Waals surface area contributed by atoms with Gasteiger partial charge in [-0.25, -0.2) is 0 Å². The largest absolute Gasteiger partial charge is 0.491 e. The minimum absolute atomic E-state index is 0.175. The number of aliphatic hydroxyl groups is 2. The lowest BCUT2D eigenvalue weighted by Gasteiger charge is -2.25. The van der Waals surface area contributed by atoms with Gasteiger partial charge in [-0.15, -0.1) is 0 Å². The summed E-state index contributed by atoms with van der Waals surface area (Å²) < 4.78 is 5.43. The quantitative estimate of drug-likeness (QED) is 0.873. The molecule has 1 aromatic carbocycles. The Bertz CT molecular complexity index is 483. The van der Waals surface area contributed by atoms with Crippen LogP contribution in [0.1, 0.15) is 16.8 Å². The Morgan fingerprint density at radius 1 is 1.28 bits per heavy atom. The van der Waals surface area contributed by atoms with Crippen LogP contribution in [0.3, 0.4) is 0 Å². The molecular formula is C12H12Cl2O4. The third-order valence-electron chi connectivity index (χ3n) is 3.21. The summed E-state index contributed by atoms with van der Waals surface area (Å²) in [5, 5.41) is 19.3. The Hall–Kier alpha value is -0.810. The molecule has 1 heterocycles. The first kappa shape index (κ1) is 13.6. The molecule has 0 unspecified atom stereocenters. The molecule has 4 nitrogen and oxygen atoms in total. The van der Waals surface area contributed by atoms with Gasteiger partial charge in [-0.3, -0.25) is 4.79 Å². The fourth-order valence-electron chi connectivity index (χ4n) is 1.95. The van der Waals surface area contributed by atoms with E-state index in [0.29, 0.717) is 5.02 Å². The molecule has 0 atom stereocenters. The zero-order chi connectivity index (χ0) is 13.3. The number of hydrogen-bond donors (Lipinski definition) is 2. The van der Waals surface area contributed by atoms with Gasteiger partial charge in [-0.05, 0) is 18.6 Å². The highest BCUT2D eigenvalue weighted by Crippen LogP contribution is 2.41. The maximum absolute atomic E-state index is 12.4. The van der Waals surface area contributed by atoms with Crippen LogP contribution >= 0.6 is 23.2 Å². The number of Topliss-reactive ketones (excluding diaryl/α,β-unsaturated/α-hetero) is 1. The highest BCUT2D eigenvalue weighted by atomic mass is 35.5. The van der Waals surface area contributed by atoms with Crippen molar-refractivity contribution in [2.24, 2.45) is 5.41 Å². The summed E-state index contributed by atoms with van der Waals surface area (Å²) in [5.41, 5.74) is -0.979. The van der Waals surface area contributed by atoms with Crippen LogP contribution in [-0.4, -0.2) is 35.8 Å². The number of hydrogen-bond acceptors (Lipinski definition) is 4. The number of fused-ring (bicyclic) bond motifs is 1. The predicted octanol–water partition coefficient (Wildman–Crippen LogP) is 1.93. The van der Waals surface area contributed by atoms with E-state index in [1.165, 1.54) is 12.1 Å². The average Bonchev–Trinajstić information content (AvgIpc) is 2.52. The van der Waals surface area contributed by atoms with Gasteiger partial charge in [-0.2, -0.15) is 0 Å². The minimum Gasteiger partial charge on any atom is -0.491 e. The molecule has 98 valence electrons. The summed E-state index contributed by atoms with van der Waals surface area (Å²) in [4.78, 5) is 12.4. The van der Waals surface area contributed by atoms with Gasteiger partial charge in [0, 0.05) is 0 Å². The molecule has 1 aliphatic heterocycles. The molecule has 18 heavy (non-hydrogen) atoms. The van der Waals surface area contributed by atoms with Gasteiger partial charge >= 0.3 is 0 Å². The first-order valence-electron chi connectivity index (χ1n) is 5.43. The van der Waals surface area contributed by atoms with Crippen molar-refractivity contribution < 1.29 is 19.7 Å². The van der Waals surface area contributed by atoms with E-state index < -0.39 is 18.6 Å². The van der Waals surface area contributed by atoms with E-state index in [1.54, 1.807) is 0 Å². The molecule has 0 spiro atoms. The second-order valence-electron chi connectivity index (χ2n) is 4.26. The molecule has 2 N–H and O–H groups in total. The van der Waals surface area contributed by atoms with Crippen LogP contribution in [0.2, 0.25) is 10.0 Å². The molecule has 0 bridgehead atoms. The van der Waals surface area contributed by atoms with Crippen molar-refractivity contribution in [2.75, 3.05) is 19.8 Å². The first-order valence-corrected chi connectivity index (χ1v) is 6.18.